The molecule has 2 rings (SSSR count). The highest BCUT2D eigenvalue weighted by Gasteiger charge is 2.14. The molecule has 0 unspecified atom stereocenters. The molecule has 0 amide bonds. The predicted octanol–water partition coefficient (Wildman–Crippen LogP) is 1.75. The number of carbonyl (C=O) groups is 1. The van der Waals surface area contributed by atoms with Gasteiger partial charge in [-0.05, 0) is 38.6 Å². The van der Waals surface area contributed by atoms with Crippen LogP contribution in [-0.4, -0.2) is 38.2 Å². The van der Waals surface area contributed by atoms with E-state index in [1.54, 1.807) is 6.20 Å². The zero-order chi connectivity index (χ0) is 14.7. The van der Waals surface area contributed by atoms with Gasteiger partial charge in [-0.15, -0.1) is 0 Å². The lowest BCUT2D eigenvalue weighted by Gasteiger charge is -2.16. The lowest BCUT2D eigenvalue weighted by Crippen LogP contribution is -2.19. The molecule has 20 heavy (non-hydrogen) atoms. The van der Waals surface area contributed by atoms with Gasteiger partial charge in [0.25, 0.3) is 0 Å². The van der Waals surface area contributed by atoms with Crippen molar-refractivity contribution in [3.8, 4) is 0 Å². The maximum Gasteiger partial charge on any atom is 0.354 e. The molecule has 0 atom stereocenters. The highest BCUT2D eigenvalue weighted by atomic mass is 16.4. The Kier molecular flexibility index (Phi) is 4.14. The number of carboxylic acids is 1. The molecule has 0 saturated heterocycles. The summed E-state index contributed by atoms with van der Waals surface area (Å²) in [6, 6.07) is 4.07. The Hall–Kier alpha value is -2.21. The first-order chi connectivity index (χ1) is 9.45. The third kappa shape index (κ3) is 3.42. The van der Waals surface area contributed by atoms with Gasteiger partial charge in [-0.25, -0.2) is 4.79 Å². The number of nitrogens with zero attached hydrogens (tertiary/aromatic N) is 3. The summed E-state index contributed by atoms with van der Waals surface area (Å²) < 4.78 is 0. The Labute approximate surface area is 117 Å². The number of aryl methyl sites for hydroxylation is 2. The monoisotopic (exact) mass is 274 g/mol. The number of rotatable bonds is 5. The molecular weight excluding hydrogens is 256 g/mol. The Morgan fingerprint density at radius 1 is 1.35 bits per heavy atom. The van der Waals surface area contributed by atoms with E-state index in [1.807, 2.05) is 37.9 Å². The average Bonchev–Trinajstić information content (AvgIpc) is 2.75. The SMILES string of the molecule is Cc1cc(C)nc(CN(C)Cc2cn[nH]c2C(=O)O)c1. The van der Waals surface area contributed by atoms with E-state index in [1.165, 1.54) is 5.56 Å². The van der Waals surface area contributed by atoms with Crippen LogP contribution in [0.4, 0.5) is 0 Å². The summed E-state index contributed by atoms with van der Waals surface area (Å²) in [5.41, 5.74) is 3.96. The second-order valence-electron chi connectivity index (χ2n) is 5.02. The van der Waals surface area contributed by atoms with Gasteiger partial charge in [0.2, 0.25) is 0 Å². The molecule has 0 saturated carbocycles. The Balaban J connectivity index is 2.07. The van der Waals surface area contributed by atoms with Crippen molar-refractivity contribution in [1.82, 2.24) is 20.1 Å². The van der Waals surface area contributed by atoms with Gasteiger partial charge in [0.1, 0.15) is 5.69 Å². The van der Waals surface area contributed by atoms with Crippen LogP contribution in [0, 0.1) is 13.8 Å². The van der Waals surface area contributed by atoms with Gasteiger partial charge >= 0.3 is 5.97 Å². The van der Waals surface area contributed by atoms with Gasteiger partial charge in [0.05, 0.1) is 11.9 Å². The number of carboxylic acid groups (broad SMARTS) is 1. The molecule has 6 nitrogen and oxygen atoms in total. The molecule has 2 N–H and O–H groups in total. The second kappa shape index (κ2) is 5.83. The molecule has 0 aromatic carbocycles. The fourth-order valence-electron chi connectivity index (χ4n) is 2.25. The van der Waals surface area contributed by atoms with Crippen molar-refractivity contribution in [2.45, 2.75) is 26.9 Å². The van der Waals surface area contributed by atoms with Crippen molar-refractivity contribution in [2.75, 3.05) is 7.05 Å². The molecule has 2 aromatic rings. The van der Waals surface area contributed by atoms with E-state index in [0.29, 0.717) is 18.7 Å². The maximum absolute atomic E-state index is 11.0. The minimum atomic E-state index is -0.990. The number of hydrogen-bond donors (Lipinski definition) is 2. The van der Waals surface area contributed by atoms with Crippen molar-refractivity contribution >= 4 is 5.97 Å². The van der Waals surface area contributed by atoms with E-state index < -0.39 is 5.97 Å². The summed E-state index contributed by atoms with van der Waals surface area (Å²) in [4.78, 5) is 17.5. The molecule has 0 radical (unpaired) electrons. The first-order valence-electron chi connectivity index (χ1n) is 6.34. The van der Waals surface area contributed by atoms with E-state index in [-0.39, 0.29) is 5.69 Å². The normalized spacial score (nSPS) is 11.0. The van der Waals surface area contributed by atoms with Crippen LogP contribution in [0.2, 0.25) is 0 Å². The van der Waals surface area contributed by atoms with Crippen LogP contribution < -0.4 is 0 Å². The third-order valence-corrected chi connectivity index (χ3v) is 2.95. The van der Waals surface area contributed by atoms with Crippen LogP contribution in [0.15, 0.2) is 18.3 Å². The molecule has 0 aliphatic carbocycles. The maximum atomic E-state index is 11.0. The predicted molar refractivity (Wildman–Crippen MR) is 74.4 cm³/mol. The topological polar surface area (TPSA) is 82.1 Å². The number of aromatic carboxylic acids is 1. The van der Waals surface area contributed by atoms with Gasteiger partial charge in [-0.1, -0.05) is 0 Å². The summed E-state index contributed by atoms with van der Waals surface area (Å²) in [5.74, 6) is -0.990. The summed E-state index contributed by atoms with van der Waals surface area (Å²) in [6.07, 6.45) is 1.55. The Morgan fingerprint density at radius 2 is 2.10 bits per heavy atom. The average molecular weight is 274 g/mol. The molecule has 106 valence electrons. The van der Waals surface area contributed by atoms with Crippen LogP contribution >= 0.6 is 0 Å². The van der Waals surface area contributed by atoms with Crippen molar-refractivity contribution in [3.63, 3.8) is 0 Å². The molecule has 0 aliphatic rings. The summed E-state index contributed by atoms with van der Waals surface area (Å²) in [5, 5.41) is 15.3. The molecule has 2 aromatic heterocycles. The van der Waals surface area contributed by atoms with Crippen LogP contribution in [0.25, 0.3) is 0 Å². The van der Waals surface area contributed by atoms with E-state index >= 15 is 0 Å². The lowest BCUT2D eigenvalue weighted by atomic mass is 10.2. The van der Waals surface area contributed by atoms with E-state index in [0.717, 1.165) is 11.4 Å². The van der Waals surface area contributed by atoms with Crippen molar-refractivity contribution in [1.29, 1.82) is 0 Å². The number of aromatic nitrogens is 3. The van der Waals surface area contributed by atoms with E-state index in [9.17, 15) is 4.79 Å². The van der Waals surface area contributed by atoms with Gasteiger partial charge in [-0.3, -0.25) is 15.0 Å². The fraction of sp³-hybridized carbons (Fsp3) is 0.357. The molecule has 0 spiro atoms. The number of nitrogens with one attached hydrogen (secondary N) is 1. The fourth-order valence-corrected chi connectivity index (χ4v) is 2.25. The van der Waals surface area contributed by atoms with E-state index in [2.05, 4.69) is 15.2 Å². The summed E-state index contributed by atoms with van der Waals surface area (Å²) in [6.45, 7) is 5.17. The lowest BCUT2D eigenvalue weighted by molar-refractivity contribution is 0.0688. The zero-order valence-electron chi connectivity index (χ0n) is 11.8. The molecule has 0 aliphatic heterocycles. The number of pyridine rings is 1. The molecule has 0 bridgehead atoms. The van der Waals surface area contributed by atoms with Crippen molar-refractivity contribution in [3.05, 3.63) is 46.5 Å². The zero-order valence-corrected chi connectivity index (χ0v) is 11.8. The molecule has 2 heterocycles. The highest BCUT2D eigenvalue weighted by molar-refractivity contribution is 5.86. The van der Waals surface area contributed by atoms with Gasteiger partial charge < -0.3 is 5.11 Å². The van der Waals surface area contributed by atoms with Gasteiger partial charge in [0, 0.05) is 24.3 Å². The summed E-state index contributed by atoms with van der Waals surface area (Å²) >= 11 is 0. The first-order valence-corrected chi connectivity index (χ1v) is 6.34. The third-order valence-electron chi connectivity index (χ3n) is 2.95. The highest BCUT2D eigenvalue weighted by Crippen LogP contribution is 2.11. The molecular formula is C14H18N4O2. The second-order valence-corrected chi connectivity index (χ2v) is 5.02. The van der Waals surface area contributed by atoms with Gasteiger partial charge in [-0.2, -0.15) is 5.10 Å². The minimum absolute atomic E-state index is 0.144. The van der Waals surface area contributed by atoms with Crippen molar-refractivity contribution < 1.29 is 9.90 Å². The number of hydrogen-bond acceptors (Lipinski definition) is 4. The Bertz CT molecular complexity index is 601. The number of H-pyrrole nitrogens is 1. The van der Waals surface area contributed by atoms with Crippen molar-refractivity contribution in [2.24, 2.45) is 0 Å². The molecule has 6 heteroatoms. The largest absolute Gasteiger partial charge is 0.477 e. The quantitative estimate of drug-likeness (QED) is 0.868. The minimum Gasteiger partial charge on any atom is -0.477 e. The van der Waals surface area contributed by atoms with Crippen LogP contribution in [0.5, 0.6) is 0 Å². The van der Waals surface area contributed by atoms with Crippen LogP contribution in [0.3, 0.4) is 0 Å². The number of aromatic amines is 1. The van der Waals surface area contributed by atoms with Gasteiger partial charge in [0.15, 0.2) is 0 Å². The van der Waals surface area contributed by atoms with E-state index in [4.69, 9.17) is 5.11 Å². The summed E-state index contributed by atoms with van der Waals surface area (Å²) in [7, 11) is 1.93. The van der Waals surface area contributed by atoms with Crippen LogP contribution in [0.1, 0.15) is 33.0 Å². The first kappa shape index (κ1) is 14.2. The Morgan fingerprint density at radius 3 is 2.75 bits per heavy atom. The standard InChI is InChI=1S/C14H18N4O2/c1-9-4-10(2)16-12(5-9)8-18(3)7-11-6-15-17-13(11)14(19)20/h4-6H,7-8H2,1-3H3,(H,15,17)(H,19,20). The van der Waals surface area contributed by atoms with Crippen LogP contribution in [-0.2, 0) is 13.1 Å². The smallest absolute Gasteiger partial charge is 0.354 e. The molecule has 0 fully saturated rings.